The van der Waals surface area contributed by atoms with Crippen molar-refractivity contribution in [1.29, 1.82) is 0 Å². The minimum Gasteiger partial charge on any atom is -0.0616 e. The molecule has 0 aromatic heterocycles. The van der Waals surface area contributed by atoms with Gasteiger partial charge in [0.25, 0.3) is 0 Å². The lowest BCUT2D eigenvalue weighted by Gasteiger charge is -2.16. The van der Waals surface area contributed by atoms with Crippen LogP contribution < -0.4 is 0 Å². The van der Waals surface area contributed by atoms with Crippen LogP contribution in [0.25, 0.3) is 75.8 Å². The Bertz CT molecular complexity index is 2100. The maximum absolute atomic E-state index is 2.37. The molecule has 36 heavy (non-hydrogen) atoms. The predicted octanol–water partition coefficient (Wildman–Crippen LogP) is 10.3. The van der Waals surface area contributed by atoms with E-state index in [9.17, 15) is 0 Å². The average molecular weight is 455 g/mol. The highest BCUT2D eigenvalue weighted by Gasteiger charge is 2.15. The van der Waals surface area contributed by atoms with E-state index >= 15 is 0 Å². The Labute approximate surface area is 209 Å². The third kappa shape index (κ3) is 2.70. The molecule has 0 heteroatoms. The van der Waals surface area contributed by atoms with Crippen molar-refractivity contribution >= 4 is 64.6 Å². The van der Waals surface area contributed by atoms with Gasteiger partial charge in [0.2, 0.25) is 0 Å². The van der Waals surface area contributed by atoms with Gasteiger partial charge in [-0.2, -0.15) is 0 Å². The lowest BCUT2D eigenvalue weighted by atomic mass is 9.87. The Kier molecular flexibility index (Phi) is 4.03. The first-order valence-electron chi connectivity index (χ1n) is 12.5. The van der Waals surface area contributed by atoms with Gasteiger partial charge in [-0.05, 0) is 87.9 Å². The van der Waals surface area contributed by atoms with Crippen molar-refractivity contribution in [2.75, 3.05) is 0 Å². The minimum absolute atomic E-state index is 1.28. The van der Waals surface area contributed by atoms with Gasteiger partial charge in [-0.3, -0.25) is 0 Å². The first kappa shape index (κ1) is 19.6. The Morgan fingerprint density at radius 1 is 0.250 bits per heavy atom. The fourth-order valence-corrected chi connectivity index (χ4v) is 6.21. The van der Waals surface area contributed by atoms with E-state index in [1.54, 1.807) is 0 Å². The van der Waals surface area contributed by atoms with Gasteiger partial charge in [-0.15, -0.1) is 0 Å². The number of hydrogen-bond acceptors (Lipinski definition) is 0. The average Bonchev–Trinajstić information content (AvgIpc) is 2.95. The monoisotopic (exact) mass is 454 g/mol. The summed E-state index contributed by atoms with van der Waals surface area (Å²) >= 11 is 0. The maximum Gasteiger partial charge on any atom is -0.00201 e. The van der Waals surface area contributed by atoms with Crippen LogP contribution in [0.3, 0.4) is 0 Å². The summed E-state index contributed by atoms with van der Waals surface area (Å²) in [6, 6.07) is 49.1. The number of rotatable bonds is 1. The van der Waals surface area contributed by atoms with E-state index in [1.165, 1.54) is 75.8 Å². The van der Waals surface area contributed by atoms with Crippen molar-refractivity contribution in [3.05, 3.63) is 133 Å². The van der Waals surface area contributed by atoms with E-state index in [4.69, 9.17) is 0 Å². The molecule has 0 aliphatic rings. The molecule has 0 N–H and O–H groups in total. The van der Waals surface area contributed by atoms with E-state index in [0.29, 0.717) is 0 Å². The van der Waals surface area contributed by atoms with Crippen LogP contribution in [0.15, 0.2) is 133 Å². The second kappa shape index (κ2) is 7.41. The highest BCUT2D eigenvalue weighted by molar-refractivity contribution is 6.30. The Balaban J connectivity index is 1.59. The molecule has 0 aliphatic heterocycles. The molecule has 0 spiro atoms. The van der Waals surface area contributed by atoms with E-state index < -0.39 is 0 Å². The van der Waals surface area contributed by atoms with Crippen molar-refractivity contribution in [3.63, 3.8) is 0 Å². The van der Waals surface area contributed by atoms with E-state index in [1.807, 2.05) is 0 Å². The first-order valence-corrected chi connectivity index (χ1v) is 12.5. The molecule has 8 rings (SSSR count). The van der Waals surface area contributed by atoms with Gasteiger partial charge in [-0.25, -0.2) is 0 Å². The molecule has 0 saturated heterocycles. The van der Waals surface area contributed by atoms with Gasteiger partial charge >= 0.3 is 0 Å². The molecule has 0 fully saturated rings. The summed E-state index contributed by atoms with van der Waals surface area (Å²) in [6.45, 7) is 0. The highest BCUT2D eigenvalue weighted by Crippen LogP contribution is 2.43. The van der Waals surface area contributed by atoms with Crippen LogP contribution in [-0.2, 0) is 0 Å². The molecule has 0 radical (unpaired) electrons. The predicted molar refractivity (Wildman–Crippen MR) is 157 cm³/mol. The van der Waals surface area contributed by atoms with Crippen molar-refractivity contribution in [2.24, 2.45) is 0 Å². The molecule has 0 saturated carbocycles. The lowest BCUT2D eigenvalue weighted by molar-refractivity contribution is 1.72. The first-order chi connectivity index (χ1) is 17.9. The van der Waals surface area contributed by atoms with Crippen molar-refractivity contribution in [2.45, 2.75) is 0 Å². The third-order valence-electron chi connectivity index (χ3n) is 7.78. The summed E-state index contributed by atoms with van der Waals surface area (Å²) < 4.78 is 0. The SMILES string of the molecule is c1ccc2cc3c(ccc4cccc(-c5cccc6c7ccccc7c7ccccc7c56)c43)cc2c1. The molecule has 0 heterocycles. The summed E-state index contributed by atoms with van der Waals surface area (Å²) in [6.07, 6.45) is 0. The third-order valence-corrected chi connectivity index (χ3v) is 7.78. The topological polar surface area (TPSA) is 0 Å². The largest absolute Gasteiger partial charge is 0.0616 e. The minimum atomic E-state index is 1.28. The molecular formula is C36H22. The molecular weight excluding hydrogens is 432 g/mol. The molecule has 166 valence electrons. The van der Waals surface area contributed by atoms with Crippen LogP contribution in [0.5, 0.6) is 0 Å². The lowest BCUT2D eigenvalue weighted by Crippen LogP contribution is -1.89. The van der Waals surface area contributed by atoms with Gasteiger partial charge in [0, 0.05) is 0 Å². The normalized spacial score (nSPS) is 11.9. The van der Waals surface area contributed by atoms with Gasteiger partial charge in [0.1, 0.15) is 0 Å². The zero-order chi connectivity index (χ0) is 23.6. The molecule has 0 amide bonds. The molecule has 0 atom stereocenters. The highest BCUT2D eigenvalue weighted by atomic mass is 14.2. The quantitative estimate of drug-likeness (QED) is 0.171. The van der Waals surface area contributed by atoms with Gasteiger partial charge in [0.15, 0.2) is 0 Å². The molecule has 0 aliphatic carbocycles. The standard InChI is InChI=1S/C36H22/c1-2-10-25-22-34-26(21-24(25)9-1)20-19-23-11-7-16-32(35(23)34)33-18-8-17-31-29-13-4-3-12-27(29)28-14-5-6-15-30(28)36(31)33/h1-22H. The second-order valence-electron chi connectivity index (χ2n) is 9.71. The Morgan fingerprint density at radius 2 is 0.722 bits per heavy atom. The zero-order valence-electron chi connectivity index (χ0n) is 19.7. The summed E-state index contributed by atoms with van der Waals surface area (Å²) in [4.78, 5) is 0. The molecule has 0 unspecified atom stereocenters. The summed E-state index contributed by atoms with van der Waals surface area (Å²) in [5.41, 5.74) is 2.58. The second-order valence-corrected chi connectivity index (χ2v) is 9.71. The fraction of sp³-hybridized carbons (Fsp3) is 0. The van der Waals surface area contributed by atoms with Gasteiger partial charge < -0.3 is 0 Å². The van der Waals surface area contributed by atoms with Crippen molar-refractivity contribution in [1.82, 2.24) is 0 Å². The van der Waals surface area contributed by atoms with Gasteiger partial charge in [0.05, 0.1) is 0 Å². The van der Waals surface area contributed by atoms with Crippen LogP contribution in [0.1, 0.15) is 0 Å². The van der Waals surface area contributed by atoms with E-state index in [2.05, 4.69) is 133 Å². The summed E-state index contributed by atoms with van der Waals surface area (Å²) in [5.74, 6) is 0. The molecule has 0 bridgehead atoms. The summed E-state index contributed by atoms with van der Waals surface area (Å²) in [5, 5.41) is 15.6. The van der Waals surface area contributed by atoms with E-state index in [-0.39, 0.29) is 0 Å². The van der Waals surface area contributed by atoms with Crippen LogP contribution in [0.4, 0.5) is 0 Å². The van der Waals surface area contributed by atoms with Crippen LogP contribution in [-0.4, -0.2) is 0 Å². The molecule has 0 nitrogen and oxygen atoms in total. The Hall–Kier alpha value is -4.68. The maximum atomic E-state index is 2.37. The Morgan fingerprint density at radius 3 is 1.44 bits per heavy atom. The number of hydrogen-bond donors (Lipinski definition) is 0. The molecule has 8 aromatic carbocycles. The summed E-state index contributed by atoms with van der Waals surface area (Å²) in [7, 11) is 0. The molecule has 8 aromatic rings. The van der Waals surface area contributed by atoms with Crippen LogP contribution in [0.2, 0.25) is 0 Å². The van der Waals surface area contributed by atoms with Crippen molar-refractivity contribution in [3.8, 4) is 11.1 Å². The van der Waals surface area contributed by atoms with Crippen molar-refractivity contribution < 1.29 is 0 Å². The van der Waals surface area contributed by atoms with Crippen LogP contribution in [0, 0.1) is 0 Å². The number of fused-ring (bicyclic) bond motifs is 10. The fourth-order valence-electron chi connectivity index (χ4n) is 6.21. The van der Waals surface area contributed by atoms with E-state index in [0.717, 1.165) is 0 Å². The smallest absolute Gasteiger partial charge is 0.00201 e. The zero-order valence-corrected chi connectivity index (χ0v) is 19.7. The number of benzene rings is 8. The van der Waals surface area contributed by atoms with Crippen LogP contribution >= 0.6 is 0 Å². The van der Waals surface area contributed by atoms with Gasteiger partial charge in [-0.1, -0.05) is 121 Å².